The lowest BCUT2D eigenvalue weighted by Crippen LogP contribution is -2.35. The van der Waals surface area contributed by atoms with E-state index in [-0.39, 0.29) is 6.54 Å². The summed E-state index contributed by atoms with van der Waals surface area (Å²) in [6.45, 7) is 3.96. The Morgan fingerprint density at radius 2 is 1.83 bits per heavy atom. The van der Waals surface area contributed by atoms with Gasteiger partial charge in [-0.2, -0.15) is 5.26 Å². The molecular formula is C13H15N3O2. The van der Waals surface area contributed by atoms with E-state index in [1.807, 2.05) is 12.1 Å². The second-order valence-corrected chi connectivity index (χ2v) is 4.07. The third-order valence-electron chi connectivity index (χ3n) is 2.37. The third kappa shape index (κ3) is 3.91. The van der Waals surface area contributed by atoms with Crippen molar-refractivity contribution in [1.82, 2.24) is 5.32 Å². The van der Waals surface area contributed by atoms with Crippen LogP contribution in [0.1, 0.15) is 25.3 Å². The number of benzene rings is 1. The molecule has 2 N–H and O–H groups in total. The molecule has 0 aliphatic carbocycles. The Kier molecular flexibility index (Phi) is 4.88. The summed E-state index contributed by atoms with van der Waals surface area (Å²) < 4.78 is 0. The number of nitrogens with one attached hydrogen (secondary N) is 2. The number of carbonyl (C=O) groups is 2. The molecule has 2 amide bonds. The number of anilines is 1. The van der Waals surface area contributed by atoms with Crippen molar-refractivity contribution >= 4 is 17.5 Å². The van der Waals surface area contributed by atoms with Gasteiger partial charge in [0.05, 0.1) is 6.07 Å². The van der Waals surface area contributed by atoms with E-state index in [9.17, 15) is 9.59 Å². The second kappa shape index (κ2) is 6.40. The van der Waals surface area contributed by atoms with Gasteiger partial charge in [-0.3, -0.25) is 9.59 Å². The maximum Gasteiger partial charge on any atom is 0.313 e. The van der Waals surface area contributed by atoms with E-state index in [1.54, 1.807) is 18.2 Å². The fraction of sp³-hybridized carbons (Fsp3) is 0.308. The molecule has 0 aliphatic rings. The monoisotopic (exact) mass is 245 g/mol. The number of carbonyl (C=O) groups excluding carboxylic acids is 2. The molecule has 5 heteroatoms. The fourth-order valence-corrected chi connectivity index (χ4v) is 1.34. The SMILES string of the molecule is CC(C)c1ccc(NC(=O)C(=O)NCC#N)cc1. The number of nitrogens with zero attached hydrogens (tertiary/aromatic N) is 1. The summed E-state index contributed by atoms with van der Waals surface area (Å²) in [5.41, 5.74) is 1.71. The maximum absolute atomic E-state index is 11.4. The van der Waals surface area contributed by atoms with Crippen molar-refractivity contribution in [1.29, 1.82) is 5.26 Å². The molecule has 0 saturated heterocycles. The highest BCUT2D eigenvalue weighted by atomic mass is 16.2. The van der Waals surface area contributed by atoms with Crippen LogP contribution in [0.5, 0.6) is 0 Å². The molecule has 0 atom stereocenters. The first-order valence-electron chi connectivity index (χ1n) is 5.60. The number of hydrogen-bond donors (Lipinski definition) is 2. The quantitative estimate of drug-likeness (QED) is 0.623. The van der Waals surface area contributed by atoms with Crippen LogP contribution < -0.4 is 10.6 Å². The lowest BCUT2D eigenvalue weighted by molar-refractivity contribution is -0.136. The minimum atomic E-state index is -0.815. The molecular weight excluding hydrogens is 230 g/mol. The second-order valence-electron chi connectivity index (χ2n) is 4.07. The van der Waals surface area contributed by atoms with Crippen LogP contribution in [0, 0.1) is 11.3 Å². The number of nitriles is 1. The van der Waals surface area contributed by atoms with Crippen molar-refractivity contribution in [3.05, 3.63) is 29.8 Å². The first-order valence-corrected chi connectivity index (χ1v) is 5.60. The third-order valence-corrected chi connectivity index (χ3v) is 2.37. The van der Waals surface area contributed by atoms with E-state index in [4.69, 9.17) is 5.26 Å². The topological polar surface area (TPSA) is 82.0 Å². The van der Waals surface area contributed by atoms with Crippen LogP contribution in [0.25, 0.3) is 0 Å². The molecule has 0 bridgehead atoms. The first-order chi connectivity index (χ1) is 8.54. The van der Waals surface area contributed by atoms with Gasteiger partial charge in [0, 0.05) is 5.69 Å². The van der Waals surface area contributed by atoms with Crippen LogP contribution in [0.4, 0.5) is 5.69 Å². The average molecular weight is 245 g/mol. The Hall–Kier alpha value is -2.35. The molecule has 0 saturated carbocycles. The summed E-state index contributed by atoms with van der Waals surface area (Å²) >= 11 is 0. The zero-order valence-electron chi connectivity index (χ0n) is 10.4. The van der Waals surface area contributed by atoms with E-state index < -0.39 is 11.8 Å². The minimum Gasteiger partial charge on any atom is -0.335 e. The van der Waals surface area contributed by atoms with Gasteiger partial charge in [0.1, 0.15) is 6.54 Å². The van der Waals surface area contributed by atoms with Gasteiger partial charge in [-0.25, -0.2) is 0 Å². The first kappa shape index (κ1) is 13.7. The van der Waals surface area contributed by atoms with Gasteiger partial charge >= 0.3 is 11.8 Å². The molecule has 0 aromatic heterocycles. The van der Waals surface area contributed by atoms with Crippen molar-refractivity contribution in [3.63, 3.8) is 0 Å². The highest BCUT2D eigenvalue weighted by Gasteiger charge is 2.12. The molecule has 0 heterocycles. The number of hydrogen-bond acceptors (Lipinski definition) is 3. The molecule has 0 aliphatic heterocycles. The van der Waals surface area contributed by atoms with Crippen LogP contribution in [0.15, 0.2) is 24.3 Å². The van der Waals surface area contributed by atoms with E-state index in [1.165, 1.54) is 0 Å². The molecule has 0 fully saturated rings. The molecule has 1 aromatic carbocycles. The van der Waals surface area contributed by atoms with Gasteiger partial charge < -0.3 is 10.6 Å². The summed E-state index contributed by atoms with van der Waals surface area (Å²) in [7, 11) is 0. The summed E-state index contributed by atoms with van der Waals surface area (Å²) in [6, 6.07) is 9.00. The van der Waals surface area contributed by atoms with Crippen LogP contribution in [0.2, 0.25) is 0 Å². The minimum absolute atomic E-state index is 0.182. The Labute approximate surface area is 106 Å². The van der Waals surface area contributed by atoms with Gasteiger partial charge in [-0.05, 0) is 23.6 Å². The summed E-state index contributed by atoms with van der Waals surface area (Å²) in [5, 5.41) is 12.9. The number of rotatable bonds is 3. The Bertz CT molecular complexity index is 472. The Morgan fingerprint density at radius 3 is 2.33 bits per heavy atom. The van der Waals surface area contributed by atoms with Crippen molar-refractivity contribution in [2.24, 2.45) is 0 Å². The molecule has 0 spiro atoms. The van der Waals surface area contributed by atoms with Crippen molar-refractivity contribution < 1.29 is 9.59 Å². The van der Waals surface area contributed by atoms with E-state index in [0.717, 1.165) is 5.56 Å². The zero-order chi connectivity index (χ0) is 13.5. The van der Waals surface area contributed by atoms with E-state index in [0.29, 0.717) is 11.6 Å². The largest absolute Gasteiger partial charge is 0.335 e. The average Bonchev–Trinajstić information content (AvgIpc) is 2.36. The smallest absolute Gasteiger partial charge is 0.313 e. The molecule has 18 heavy (non-hydrogen) atoms. The standard InChI is InChI=1S/C13H15N3O2/c1-9(2)10-3-5-11(6-4-10)16-13(18)12(17)15-8-7-14/h3-6,9H,8H2,1-2H3,(H,15,17)(H,16,18). The molecule has 94 valence electrons. The van der Waals surface area contributed by atoms with E-state index in [2.05, 4.69) is 24.5 Å². The van der Waals surface area contributed by atoms with Crippen molar-refractivity contribution in [3.8, 4) is 6.07 Å². The van der Waals surface area contributed by atoms with Crippen LogP contribution in [-0.4, -0.2) is 18.4 Å². The Morgan fingerprint density at radius 1 is 1.22 bits per heavy atom. The zero-order valence-corrected chi connectivity index (χ0v) is 10.4. The van der Waals surface area contributed by atoms with Gasteiger partial charge in [-0.1, -0.05) is 26.0 Å². The normalized spacial score (nSPS) is 9.67. The van der Waals surface area contributed by atoms with E-state index >= 15 is 0 Å². The molecule has 0 unspecified atom stereocenters. The summed E-state index contributed by atoms with van der Waals surface area (Å²) in [5.74, 6) is -1.18. The van der Waals surface area contributed by atoms with Gasteiger partial charge in [-0.15, -0.1) is 0 Å². The number of amides is 2. The highest BCUT2D eigenvalue weighted by molar-refractivity contribution is 6.39. The van der Waals surface area contributed by atoms with Crippen LogP contribution >= 0.6 is 0 Å². The fourth-order valence-electron chi connectivity index (χ4n) is 1.34. The highest BCUT2D eigenvalue weighted by Crippen LogP contribution is 2.16. The Balaban J connectivity index is 2.60. The summed E-state index contributed by atoms with van der Waals surface area (Å²) in [6.07, 6.45) is 0. The molecule has 0 radical (unpaired) electrons. The predicted molar refractivity (Wildman–Crippen MR) is 67.8 cm³/mol. The van der Waals surface area contributed by atoms with Gasteiger partial charge in [0.15, 0.2) is 0 Å². The van der Waals surface area contributed by atoms with Crippen molar-refractivity contribution in [2.75, 3.05) is 11.9 Å². The van der Waals surface area contributed by atoms with Crippen LogP contribution in [0.3, 0.4) is 0 Å². The lowest BCUT2D eigenvalue weighted by Gasteiger charge is -2.07. The van der Waals surface area contributed by atoms with Gasteiger partial charge in [0.2, 0.25) is 0 Å². The maximum atomic E-state index is 11.4. The molecule has 5 nitrogen and oxygen atoms in total. The van der Waals surface area contributed by atoms with Crippen molar-refractivity contribution in [2.45, 2.75) is 19.8 Å². The predicted octanol–water partition coefficient (Wildman–Crippen LogP) is 1.39. The molecule has 1 aromatic rings. The molecule has 1 rings (SSSR count). The summed E-state index contributed by atoms with van der Waals surface area (Å²) in [4.78, 5) is 22.6. The van der Waals surface area contributed by atoms with Gasteiger partial charge in [0.25, 0.3) is 0 Å². The van der Waals surface area contributed by atoms with Crippen LogP contribution in [-0.2, 0) is 9.59 Å². The lowest BCUT2D eigenvalue weighted by atomic mass is 10.0.